The van der Waals surface area contributed by atoms with Crippen molar-refractivity contribution < 1.29 is 4.39 Å². The maximum Gasteiger partial charge on any atom is 0.123 e. The van der Waals surface area contributed by atoms with E-state index in [1.165, 1.54) is 86.2 Å². The summed E-state index contributed by atoms with van der Waals surface area (Å²) in [5, 5.41) is 0. The highest BCUT2D eigenvalue weighted by Gasteiger charge is 2.20. The highest BCUT2D eigenvalue weighted by Crippen LogP contribution is 2.33. The molecule has 0 radical (unpaired) electrons. The molecule has 0 heterocycles. The molecule has 0 spiro atoms. The topological polar surface area (TPSA) is 0 Å². The quantitative estimate of drug-likeness (QED) is 0.285. The Hall–Kier alpha value is -1.09. The van der Waals surface area contributed by atoms with Crippen molar-refractivity contribution in [3.05, 3.63) is 93.2 Å². The van der Waals surface area contributed by atoms with Gasteiger partial charge in [-0.15, -0.1) is 0 Å². The normalized spacial score (nSPS) is 24.6. The van der Waals surface area contributed by atoms with Crippen molar-refractivity contribution >= 4 is 39.1 Å². The number of hydrogen-bond donors (Lipinski definition) is 0. The van der Waals surface area contributed by atoms with Crippen molar-refractivity contribution in [1.29, 1.82) is 0 Å². The van der Waals surface area contributed by atoms with Crippen LogP contribution in [-0.2, 0) is 12.8 Å². The number of allylic oxidation sites excluding steroid dienone is 2. The molecule has 196 valence electrons. The molecule has 2 aromatic carbocycles. The van der Waals surface area contributed by atoms with Gasteiger partial charge in [0.1, 0.15) is 5.82 Å². The first-order valence-electron chi connectivity index (χ1n) is 13.6. The van der Waals surface area contributed by atoms with E-state index in [0.29, 0.717) is 5.92 Å². The Kier molecular flexibility index (Phi) is 13.7. The Morgan fingerprint density at radius 2 is 1.03 bits per heavy atom. The van der Waals surface area contributed by atoms with E-state index in [4.69, 9.17) is 23.2 Å². The molecule has 0 atom stereocenters. The van der Waals surface area contributed by atoms with E-state index in [-0.39, 0.29) is 5.82 Å². The second kappa shape index (κ2) is 16.7. The van der Waals surface area contributed by atoms with Gasteiger partial charge in [-0.3, -0.25) is 0 Å². The van der Waals surface area contributed by atoms with Gasteiger partial charge >= 0.3 is 0 Å². The summed E-state index contributed by atoms with van der Waals surface area (Å²) >= 11 is 14.7. The fourth-order valence-corrected chi connectivity index (χ4v) is 6.26. The van der Waals surface area contributed by atoms with Crippen LogP contribution in [0.15, 0.2) is 76.2 Å². The lowest BCUT2D eigenvalue weighted by Crippen LogP contribution is -2.13. The lowest BCUT2D eigenvalue weighted by molar-refractivity contribution is 0.296. The zero-order valence-corrected chi connectivity index (χ0v) is 24.3. The van der Waals surface area contributed by atoms with Crippen molar-refractivity contribution in [2.45, 2.75) is 77.0 Å². The highest BCUT2D eigenvalue weighted by molar-refractivity contribution is 9.10. The molecule has 0 aliphatic heterocycles. The Morgan fingerprint density at radius 1 is 0.639 bits per heavy atom. The smallest absolute Gasteiger partial charge is 0.123 e. The summed E-state index contributed by atoms with van der Waals surface area (Å²) in [6, 6.07) is 15.6. The summed E-state index contributed by atoms with van der Waals surface area (Å²) < 4.78 is 13.9. The molecule has 0 saturated heterocycles. The molecular weight excluding hydrogens is 554 g/mol. The van der Waals surface area contributed by atoms with Crippen molar-refractivity contribution in [1.82, 2.24) is 0 Å². The fourth-order valence-electron chi connectivity index (χ4n) is 5.59. The third kappa shape index (κ3) is 11.1. The van der Waals surface area contributed by atoms with Gasteiger partial charge in [0.2, 0.25) is 0 Å². The van der Waals surface area contributed by atoms with Crippen LogP contribution in [0.3, 0.4) is 0 Å². The molecule has 0 N–H and O–H groups in total. The summed E-state index contributed by atoms with van der Waals surface area (Å²) in [4.78, 5) is 0. The molecule has 0 aromatic heterocycles. The van der Waals surface area contributed by atoms with Crippen LogP contribution in [0.5, 0.6) is 0 Å². The van der Waals surface area contributed by atoms with Crippen LogP contribution in [0.2, 0.25) is 0 Å². The molecule has 2 saturated carbocycles. The van der Waals surface area contributed by atoms with Gasteiger partial charge in [-0.2, -0.15) is 0 Å². The van der Waals surface area contributed by atoms with Crippen LogP contribution in [-0.4, -0.2) is 0 Å². The maximum atomic E-state index is 12.8. The predicted octanol–water partition coefficient (Wildman–Crippen LogP) is 11.3. The van der Waals surface area contributed by atoms with Gasteiger partial charge in [0.05, 0.1) is 0 Å². The van der Waals surface area contributed by atoms with Crippen LogP contribution in [0.4, 0.5) is 4.39 Å². The second-order valence-electron chi connectivity index (χ2n) is 10.5. The molecule has 2 aliphatic carbocycles. The molecule has 2 aromatic rings. The van der Waals surface area contributed by atoms with Crippen LogP contribution in [0.1, 0.15) is 75.3 Å². The molecule has 0 nitrogen and oxygen atoms in total. The summed E-state index contributed by atoms with van der Waals surface area (Å²) in [5.74, 6) is 3.01. The maximum absolute atomic E-state index is 12.8. The van der Waals surface area contributed by atoms with Gasteiger partial charge in [0.25, 0.3) is 0 Å². The van der Waals surface area contributed by atoms with Gasteiger partial charge in [0.15, 0.2) is 0 Å². The number of benzene rings is 2. The van der Waals surface area contributed by atoms with Crippen molar-refractivity contribution in [2.75, 3.05) is 0 Å². The van der Waals surface area contributed by atoms with Crippen LogP contribution < -0.4 is 0 Å². The summed E-state index contributed by atoms with van der Waals surface area (Å²) in [6.45, 7) is 0. The van der Waals surface area contributed by atoms with E-state index >= 15 is 0 Å². The summed E-state index contributed by atoms with van der Waals surface area (Å²) in [7, 11) is 0. The molecule has 4 rings (SSSR count). The number of aryl methyl sites for hydroxylation is 2. The largest absolute Gasteiger partial charge is 0.207 e. The SMILES string of the molecule is Cl/C=C/C1CCC(CCc2ccc(Br)cc2)CC1.Fc1ccc(CCC2CCC(/C=C/Cl)CC2)cc1. The van der Waals surface area contributed by atoms with E-state index < -0.39 is 0 Å². The molecule has 36 heavy (non-hydrogen) atoms. The molecule has 0 unspecified atom stereocenters. The Labute approximate surface area is 236 Å². The van der Waals surface area contributed by atoms with E-state index in [2.05, 4.69) is 52.3 Å². The van der Waals surface area contributed by atoms with Crippen LogP contribution in [0.25, 0.3) is 0 Å². The van der Waals surface area contributed by atoms with E-state index in [0.717, 1.165) is 24.2 Å². The second-order valence-corrected chi connectivity index (χ2v) is 11.9. The minimum atomic E-state index is -0.146. The van der Waals surface area contributed by atoms with Crippen molar-refractivity contribution in [2.24, 2.45) is 23.7 Å². The summed E-state index contributed by atoms with van der Waals surface area (Å²) in [6.07, 6.45) is 19.6. The average molecular weight is 594 g/mol. The lowest BCUT2D eigenvalue weighted by atomic mass is 9.79. The van der Waals surface area contributed by atoms with Gasteiger partial charge in [0, 0.05) is 15.5 Å². The molecule has 0 bridgehead atoms. The van der Waals surface area contributed by atoms with Crippen LogP contribution >= 0.6 is 39.1 Å². The monoisotopic (exact) mass is 592 g/mol. The fraction of sp³-hybridized carbons (Fsp3) is 0.500. The molecule has 2 fully saturated rings. The first-order chi connectivity index (χ1) is 17.6. The molecular formula is C32H40BrCl2F. The predicted molar refractivity (Wildman–Crippen MR) is 158 cm³/mol. The average Bonchev–Trinajstić information content (AvgIpc) is 2.90. The van der Waals surface area contributed by atoms with Crippen LogP contribution in [0, 0.1) is 29.5 Å². The minimum Gasteiger partial charge on any atom is -0.207 e. The lowest BCUT2D eigenvalue weighted by Gasteiger charge is -2.26. The zero-order chi connectivity index (χ0) is 25.6. The Bertz CT molecular complexity index is 829. The highest BCUT2D eigenvalue weighted by atomic mass is 79.9. The molecule has 0 amide bonds. The number of hydrogen-bond acceptors (Lipinski definition) is 0. The van der Waals surface area contributed by atoms with Gasteiger partial charge < -0.3 is 0 Å². The third-order valence-electron chi connectivity index (χ3n) is 7.98. The standard InChI is InChI=1S/C16H20BrCl.C16H20ClF/c17-16-9-7-14(8-10-16)2-1-13-3-5-15(6-4-13)11-12-18;17-12-11-15-5-3-13(4-6-15)1-2-14-7-9-16(18)10-8-14/h2*7-13,15H,1-6H2/b2*12-11+. The van der Waals surface area contributed by atoms with E-state index in [1.54, 1.807) is 23.2 Å². The minimum absolute atomic E-state index is 0.146. The van der Waals surface area contributed by atoms with Crippen molar-refractivity contribution in [3.8, 4) is 0 Å². The Morgan fingerprint density at radius 3 is 1.42 bits per heavy atom. The Balaban J connectivity index is 0.000000201. The van der Waals surface area contributed by atoms with E-state index in [1.807, 2.05) is 12.1 Å². The third-order valence-corrected chi connectivity index (χ3v) is 8.80. The molecule has 2 aliphatic rings. The zero-order valence-electron chi connectivity index (χ0n) is 21.2. The summed E-state index contributed by atoms with van der Waals surface area (Å²) in [5.41, 5.74) is 6.05. The van der Waals surface area contributed by atoms with E-state index in [9.17, 15) is 4.39 Å². The molecule has 4 heteroatoms. The van der Waals surface area contributed by atoms with Gasteiger partial charge in [-0.25, -0.2) is 4.39 Å². The number of halogens is 4. The first-order valence-corrected chi connectivity index (χ1v) is 15.2. The van der Waals surface area contributed by atoms with Gasteiger partial charge in [-0.1, -0.05) is 75.5 Å². The van der Waals surface area contributed by atoms with Crippen molar-refractivity contribution in [3.63, 3.8) is 0 Å². The van der Waals surface area contributed by atoms with Gasteiger partial charge in [-0.05, 0) is 136 Å². The number of rotatable bonds is 8. The first kappa shape index (κ1) is 29.5.